The fourth-order valence-corrected chi connectivity index (χ4v) is 4.54. The topological polar surface area (TPSA) is 53.5 Å². The highest BCUT2D eigenvalue weighted by atomic mass is 32.1. The molecule has 2 aromatic rings. The van der Waals surface area contributed by atoms with Gasteiger partial charge in [0, 0.05) is 43.2 Å². The molecule has 3 heterocycles. The molecule has 1 aromatic heterocycles. The van der Waals surface area contributed by atoms with E-state index in [1.807, 2.05) is 34.5 Å². The predicted octanol–water partition coefficient (Wildman–Crippen LogP) is 3.24. The molecule has 6 heteroatoms. The maximum absolute atomic E-state index is 12.8. The lowest BCUT2D eigenvalue weighted by Crippen LogP contribution is -2.40. The van der Waals surface area contributed by atoms with Crippen molar-refractivity contribution in [2.75, 3.05) is 13.1 Å². The summed E-state index contributed by atoms with van der Waals surface area (Å²) in [5.74, 6) is 0.169. The summed E-state index contributed by atoms with van der Waals surface area (Å²) in [5.41, 5.74) is 1.83. The summed E-state index contributed by atoms with van der Waals surface area (Å²) in [4.78, 5) is 33.4. The first-order valence-electron chi connectivity index (χ1n) is 8.80. The smallest absolute Gasteiger partial charge is 0.254 e. The van der Waals surface area contributed by atoms with Crippen molar-refractivity contribution < 1.29 is 9.59 Å². The molecule has 5 nitrogen and oxygen atoms in total. The number of piperidine rings is 1. The number of hydrogen-bond donors (Lipinski definition) is 0. The molecule has 0 radical (unpaired) electrons. The van der Waals surface area contributed by atoms with Gasteiger partial charge in [0.05, 0.1) is 6.04 Å². The first-order chi connectivity index (χ1) is 12.2. The van der Waals surface area contributed by atoms with Crippen LogP contribution < -0.4 is 0 Å². The monoisotopic (exact) mass is 355 g/mol. The molecule has 0 saturated carbocycles. The van der Waals surface area contributed by atoms with Crippen molar-refractivity contribution in [3.8, 4) is 0 Å². The number of thiazole rings is 1. The van der Waals surface area contributed by atoms with Crippen molar-refractivity contribution in [2.45, 2.75) is 38.3 Å². The molecule has 0 aliphatic carbocycles. The fourth-order valence-electron chi connectivity index (χ4n) is 3.76. The van der Waals surface area contributed by atoms with Crippen LogP contribution >= 0.6 is 11.3 Å². The summed E-state index contributed by atoms with van der Waals surface area (Å²) in [5, 5.41) is 2.99. The highest BCUT2D eigenvalue weighted by Crippen LogP contribution is 2.32. The van der Waals surface area contributed by atoms with E-state index < -0.39 is 0 Å². The Hall–Kier alpha value is -2.21. The van der Waals surface area contributed by atoms with Crippen LogP contribution in [0.25, 0.3) is 0 Å². The number of carbonyl (C=O) groups is 2. The molecule has 1 fully saturated rings. The summed E-state index contributed by atoms with van der Waals surface area (Å²) in [7, 11) is 0. The van der Waals surface area contributed by atoms with E-state index in [9.17, 15) is 9.59 Å². The third-order valence-electron chi connectivity index (χ3n) is 5.05. The van der Waals surface area contributed by atoms with E-state index in [1.54, 1.807) is 22.4 Å². The quantitative estimate of drug-likeness (QED) is 0.846. The standard InChI is InChI=1S/C19H21N3O2S/c23-17(22-10-4-3-7-16(22)18-20-9-12-25-18)8-11-21-13-14-5-1-2-6-15(14)19(21)24/h1-2,5-6,9,12,16H,3-4,7-8,10-11,13H2/t16-/m1/s1. The number of fused-ring (bicyclic) bond motifs is 1. The average Bonchev–Trinajstić information content (AvgIpc) is 3.29. The largest absolute Gasteiger partial charge is 0.334 e. The van der Waals surface area contributed by atoms with Gasteiger partial charge in [-0.1, -0.05) is 18.2 Å². The molecule has 2 aliphatic heterocycles. The third kappa shape index (κ3) is 3.18. The van der Waals surface area contributed by atoms with Crippen molar-refractivity contribution >= 4 is 23.2 Å². The molecule has 2 amide bonds. The Balaban J connectivity index is 1.40. The summed E-state index contributed by atoms with van der Waals surface area (Å²) in [6, 6.07) is 7.79. The van der Waals surface area contributed by atoms with Gasteiger partial charge in [-0.25, -0.2) is 4.98 Å². The van der Waals surface area contributed by atoms with E-state index in [1.165, 1.54) is 0 Å². The Kier molecular flexibility index (Phi) is 4.53. The van der Waals surface area contributed by atoms with Crippen molar-refractivity contribution in [3.05, 3.63) is 52.0 Å². The van der Waals surface area contributed by atoms with Crippen molar-refractivity contribution in [1.82, 2.24) is 14.8 Å². The second-order valence-electron chi connectivity index (χ2n) is 6.60. The first kappa shape index (κ1) is 16.3. The lowest BCUT2D eigenvalue weighted by molar-refractivity contribution is -0.135. The maximum atomic E-state index is 12.8. The number of amides is 2. The van der Waals surface area contributed by atoms with E-state index >= 15 is 0 Å². The van der Waals surface area contributed by atoms with Crippen LogP contribution in [0.2, 0.25) is 0 Å². The van der Waals surface area contributed by atoms with Gasteiger partial charge in [0.15, 0.2) is 0 Å². The summed E-state index contributed by atoms with van der Waals surface area (Å²) in [6.07, 6.45) is 5.34. The molecule has 0 unspecified atom stereocenters. The maximum Gasteiger partial charge on any atom is 0.254 e. The van der Waals surface area contributed by atoms with Crippen LogP contribution in [0.4, 0.5) is 0 Å². The van der Waals surface area contributed by atoms with E-state index in [2.05, 4.69) is 4.98 Å². The van der Waals surface area contributed by atoms with Crippen LogP contribution in [-0.2, 0) is 11.3 Å². The zero-order valence-corrected chi connectivity index (χ0v) is 14.9. The summed E-state index contributed by atoms with van der Waals surface area (Å²) >= 11 is 1.62. The van der Waals surface area contributed by atoms with Gasteiger partial charge in [-0.2, -0.15) is 0 Å². The molecule has 0 spiro atoms. The molecule has 1 saturated heterocycles. The van der Waals surface area contributed by atoms with Gasteiger partial charge in [-0.05, 0) is 30.9 Å². The van der Waals surface area contributed by atoms with Gasteiger partial charge >= 0.3 is 0 Å². The fraction of sp³-hybridized carbons (Fsp3) is 0.421. The minimum absolute atomic E-state index is 0.0403. The molecule has 1 aromatic carbocycles. The van der Waals surface area contributed by atoms with Gasteiger partial charge < -0.3 is 9.80 Å². The highest BCUT2D eigenvalue weighted by molar-refractivity contribution is 7.09. The van der Waals surface area contributed by atoms with E-state index in [-0.39, 0.29) is 17.9 Å². The summed E-state index contributed by atoms with van der Waals surface area (Å²) < 4.78 is 0. The normalized spacial score (nSPS) is 20.0. The summed E-state index contributed by atoms with van der Waals surface area (Å²) in [6.45, 7) is 1.88. The van der Waals surface area contributed by atoms with Gasteiger partial charge in [-0.15, -0.1) is 11.3 Å². The average molecular weight is 355 g/mol. The highest BCUT2D eigenvalue weighted by Gasteiger charge is 2.31. The van der Waals surface area contributed by atoms with Gasteiger partial charge in [0.1, 0.15) is 5.01 Å². The van der Waals surface area contributed by atoms with E-state index in [4.69, 9.17) is 0 Å². The van der Waals surface area contributed by atoms with Crippen LogP contribution in [0.1, 0.15) is 52.7 Å². The van der Waals surface area contributed by atoms with E-state index in [0.29, 0.717) is 19.5 Å². The molecular formula is C19H21N3O2S. The Morgan fingerprint density at radius 3 is 2.96 bits per heavy atom. The van der Waals surface area contributed by atoms with E-state index in [0.717, 1.165) is 41.9 Å². The minimum Gasteiger partial charge on any atom is -0.334 e. The van der Waals surface area contributed by atoms with Gasteiger partial charge in [0.2, 0.25) is 5.91 Å². The Bertz CT molecular complexity index is 775. The molecule has 2 aliphatic rings. The number of hydrogen-bond acceptors (Lipinski definition) is 4. The molecular weight excluding hydrogens is 334 g/mol. The molecule has 130 valence electrons. The van der Waals surface area contributed by atoms with Crippen LogP contribution in [-0.4, -0.2) is 39.7 Å². The SMILES string of the molecule is O=C1c2ccccc2CN1CCC(=O)N1CCCC[C@@H]1c1nccs1. The number of benzene rings is 1. The number of carbonyl (C=O) groups excluding carboxylic acids is 2. The first-order valence-corrected chi connectivity index (χ1v) is 9.68. The third-order valence-corrected chi connectivity index (χ3v) is 5.93. The Labute approximate surface area is 151 Å². The van der Waals surface area contributed by atoms with Crippen LogP contribution in [0.15, 0.2) is 35.8 Å². The van der Waals surface area contributed by atoms with Crippen LogP contribution in [0, 0.1) is 0 Å². The zero-order valence-electron chi connectivity index (χ0n) is 14.1. The Morgan fingerprint density at radius 1 is 1.28 bits per heavy atom. The Morgan fingerprint density at radius 2 is 2.16 bits per heavy atom. The number of nitrogens with zero attached hydrogens (tertiary/aromatic N) is 3. The molecule has 25 heavy (non-hydrogen) atoms. The molecule has 0 bridgehead atoms. The van der Waals surface area contributed by atoms with Crippen molar-refractivity contribution in [1.29, 1.82) is 0 Å². The molecule has 1 atom stereocenters. The van der Waals surface area contributed by atoms with Gasteiger partial charge in [-0.3, -0.25) is 9.59 Å². The molecule has 0 N–H and O–H groups in total. The number of aromatic nitrogens is 1. The zero-order chi connectivity index (χ0) is 17.2. The van der Waals surface area contributed by atoms with Gasteiger partial charge in [0.25, 0.3) is 5.91 Å². The lowest BCUT2D eigenvalue weighted by Gasteiger charge is -2.35. The molecule has 4 rings (SSSR count). The van der Waals surface area contributed by atoms with Crippen molar-refractivity contribution in [2.24, 2.45) is 0 Å². The van der Waals surface area contributed by atoms with Crippen LogP contribution in [0.5, 0.6) is 0 Å². The number of rotatable bonds is 4. The second kappa shape index (κ2) is 6.96. The predicted molar refractivity (Wildman–Crippen MR) is 96.2 cm³/mol. The minimum atomic E-state index is 0.0403. The number of likely N-dealkylation sites (tertiary alicyclic amines) is 1. The van der Waals surface area contributed by atoms with Crippen molar-refractivity contribution in [3.63, 3.8) is 0 Å². The lowest BCUT2D eigenvalue weighted by atomic mass is 10.0. The second-order valence-corrected chi connectivity index (χ2v) is 7.53. The van der Waals surface area contributed by atoms with Crippen LogP contribution in [0.3, 0.4) is 0 Å².